The largest absolute Gasteiger partial charge is 0.490 e. The highest BCUT2D eigenvalue weighted by Crippen LogP contribution is 2.36. The Hall–Kier alpha value is -3.89. The van der Waals surface area contributed by atoms with E-state index >= 15 is 0 Å². The smallest absolute Gasteiger partial charge is 0.205 e. The van der Waals surface area contributed by atoms with Crippen molar-refractivity contribution in [2.75, 3.05) is 18.5 Å². The van der Waals surface area contributed by atoms with Crippen molar-refractivity contribution >= 4 is 23.4 Å². The fraction of sp³-hybridized carbons (Fsp3) is 0.345. The molecule has 0 amide bonds. The van der Waals surface area contributed by atoms with E-state index in [0.29, 0.717) is 37.7 Å². The second kappa shape index (κ2) is 11.9. The Morgan fingerprint density at radius 2 is 2.00 bits per heavy atom. The fourth-order valence-corrected chi connectivity index (χ4v) is 5.13. The predicted molar refractivity (Wildman–Crippen MR) is 147 cm³/mol. The maximum atomic E-state index is 14.8. The molecule has 0 radical (unpaired) electrons. The average molecular weight is 535 g/mol. The zero-order chi connectivity index (χ0) is 27.4. The summed E-state index contributed by atoms with van der Waals surface area (Å²) in [5.74, 6) is -0.846. The van der Waals surface area contributed by atoms with Gasteiger partial charge >= 0.3 is 0 Å². The van der Waals surface area contributed by atoms with E-state index in [9.17, 15) is 8.78 Å². The van der Waals surface area contributed by atoms with Crippen molar-refractivity contribution in [3.8, 4) is 5.75 Å². The highest BCUT2D eigenvalue weighted by Gasteiger charge is 2.23. The van der Waals surface area contributed by atoms with E-state index in [-0.39, 0.29) is 29.5 Å². The summed E-state index contributed by atoms with van der Waals surface area (Å²) < 4.78 is 40.5. The van der Waals surface area contributed by atoms with E-state index in [1.54, 1.807) is 24.7 Å². The number of aromatic nitrogens is 3. The van der Waals surface area contributed by atoms with Gasteiger partial charge in [0.1, 0.15) is 23.5 Å². The monoisotopic (exact) mass is 534 g/mol. The van der Waals surface area contributed by atoms with Crippen LogP contribution in [0.25, 0.3) is 6.08 Å². The molecular weight excluding hydrogens is 502 g/mol. The maximum absolute atomic E-state index is 14.8. The van der Waals surface area contributed by atoms with Crippen molar-refractivity contribution in [2.24, 2.45) is 5.73 Å². The Balaban J connectivity index is 1.25. The Labute approximate surface area is 225 Å². The van der Waals surface area contributed by atoms with Gasteiger partial charge in [-0.15, -0.1) is 0 Å². The molecule has 0 bridgehead atoms. The van der Waals surface area contributed by atoms with Crippen LogP contribution >= 0.6 is 0 Å². The summed E-state index contributed by atoms with van der Waals surface area (Å²) in [6, 6.07) is 4.25. The van der Waals surface area contributed by atoms with Crippen LogP contribution in [0.5, 0.6) is 5.75 Å². The number of anilines is 2. The van der Waals surface area contributed by atoms with Gasteiger partial charge in [-0.25, -0.2) is 13.8 Å². The summed E-state index contributed by atoms with van der Waals surface area (Å²) in [5.41, 5.74) is 9.25. The Bertz CT molecular complexity index is 1370. The number of nitrogens with zero attached hydrogens (tertiary/aromatic N) is 2. The number of halogens is 2. The number of benzene rings is 1. The molecule has 204 valence electrons. The van der Waals surface area contributed by atoms with Crippen LogP contribution in [0.4, 0.5) is 20.4 Å². The lowest BCUT2D eigenvalue weighted by atomic mass is 9.82. The minimum absolute atomic E-state index is 0.0193. The number of nitrogens with one attached hydrogen (secondary N) is 3. The molecule has 10 heteroatoms. The molecule has 5 N–H and O–H groups in total. The van der Waals surface area contributed by atoms with Crippen LogP contribution in [0.1, 0.15) is 55.3 Å². The molecule has 0 unspecified atom stereocenters. The molecule has 1 saturated heterocycles. The summed E-state index contributed by atoms with van der Waals surface area (Å²) in [5, 5.41) is 11.5. The predicted octanol–water partition coefficient (Wildman–Crippen LogP) is 5.62. The summed E-state index contributed by atoms with van der Waals surface area (Å²) in [6.45, 7) is 3.21. The zero-order valence-electron chi connectivity index (χ0n) is 21.7. The lowest BCUT2D eigenvalue weighted by molar-refractivity contribution is 0.0253. The van der Waals surface area contributed by atoms with Gasteiger partial charge in [0.15, 0.2) is 0 Å². The van der Waals surface area contributed by atoms with E-state index in [1.165, 1.54) is 11.6 Å². The molecule has 5 rings (SSSR count). The van der Waals surface area contributed by atoms with Crippen molar-refractivity contribution in [1.29, 1.82) is 5.41 Å². The van der Waals surface area contributed by atoms with Crippen molar-refractivity contribution < 1.29 is 18.3 Å². The number of pyridine rings is 1. The molecule has 0 saturated carbocycles. The van der Waals surface area contributed by atoms with Crippen LogP contribution in [0.15, 0.2) is 54.5 Å². The third-order valence-corrected chi connectivity index (χ3v) is 6.95. The van der Waals surface area contributed by atoms with Gasteiger partial charge in [0, 0.05) is 37.2 Å². The highest BCUT2D eigenvalue weighted by atomic mass is 19.1. The van der Waals surface area contributed by atoms with Crippen LogP contribution in [0.2, 0.25) is 0 Å². The molecule has 1 aliphatic heterocycles. The minimum atomic E-state index is -0.852. The van der Waals surface area contributed by atoms with Crippen LogP contribution < -0.4 is 15.8 Å². The van der Waals surface area contributed by atoms with Crippen molar-refractivity contribution in [3.63, 3.8) is 0 Å². The topological polar surface area (TPSA) is 122 Å². The first-order valence-corrected chi connectivity index (χ1v) is 13.0. The molecule has 3 aromatic rings. The van der Waals surface area contributed by atoms with Gasteiger partial charge in [0.05, 0.1) is 48.3 Å². The molecule has 8 nitrogen and oxygen atoms in total. The Morgan fingerprint density at radius 1 is 1.23 bits per heavy atom. The molecular formula is C29H32F2N6O2. The standard InChI is InChI=1S/C29H32F2N6O2/c1-17-10-18(12-19(32)11-17)23-4-7-34-16-27(23)37-29-35-15-20(36-29)2-3-26(33)28-24(30)13-22(14-25(28)31)39-21-5-8-38-9-6-21/h2-4,7,11,13-16,18-19,21,33H,5-6,8-10,12,32H2,1H3,(H2,35,36,37)/b3-2-,33-26?/t18-,19+/m1/s1. The molecule has 0 spiro atoms. The van der Waals surface area contributed by atoms with E-state index in [1.807, 2.05) is 6.07 Å². The highest BCUT2D eigenvalue weighted by molar-refractivity contribution is 6.09. The van der Waals surface area contributed by atoms with Gasteiger partial charge in [-0.05, 0) is 49.5 Å². The lowest BCUT2D eigenvalue weighted by Crippen LogP contribution is -2.26. The van der Waals surface area contributed by atoms with E-state index < -0.39 is 17.2 Å². The minimum Gasteiger partial charge on any atom is -0.490 e. The van der Waals surface area contributed by atoms with Gasteiger partial charge in [-0.2, -0.15) is 0 Å². The zero-order valence-corrected chi connectivity index (χ0v) is 21.7. The SMILES string of the molecule is CC1=C[C@H](N)C[C@H](c2ccncc2Nc2ncc(/C=C\C(=N)c3c(F)cc(OC4CCOCC4)cc3F)[nH]2)C1. The summed E-state index contributed by atoms with van der Waals surface area (Å²) in [6.07, 6.45) is 13.0. The van der Waals surface area contributed by atoms with E-state index in [4.69, 9.17) is 20.6 Å². The third-order valence-electron chi connectivity index (χ3n) is 6.95. The van der Waals surface area contributed by atoms with Crippen LogP contribution in [-0.2, 0) is 4.74 Å². The summed E-state index contributed by atoms with van der Waals surface area (Å²) in [4.78, 5) is 11.7. The second-order valence-corrected chi connectivity index (χ2v) is 10.0. The molecule has 1 aromatic carbocycles. The quantitative estimate of drug-likeness (QED) is 0.220. The number of allylic oxidation sites excluding steroid dienone is 2. The first kappa shape index (κ1) is 26.7. The van der Waals surface area contributed by atoms with Crippen LogP contribution in [-0.4, -0.2) is 46.0 Å². The van der Waals surface area contributed by atoms with Gasteiger partial charge in [0.2, 0.25) is 5.95 Å². The second-order valence-electron chi connectivity index (χ2n) is 10.0. The first-order valence-electron chi connectivity index (χ1n) is 13.0. The Morgan fingerprint density at radius 3 is 2.74 bits per heavy atom. The van der Waals surface area contributed by atoms with E-state index in [0.717, 1.165) is 36.2 Å². The number of ether oxygens (including phenoxy) is 2. The van der Waals surface area contributed by atoms with Gasteiger partial charge < -0.3 is 30.9 Å². The summed E-state index contributed by atoms with van der Waals surface area (Å²) >= 11 is 0. The molecule has 2 aliphatic rings. The first-order chi connectivity index (χ1) is 18.9. The number of hydrogen-bond donors (Lipinski definition) is 4. The van der Waals surface area contributed by atoms with Crippen molar-refractivity contribution in [2.45, 2.75) is 50.7 Å². The average Bonchev–Trinajstić information content (AvgIpc) is 3.34. The number of hydrogen-bond acceptors (Lipinski definition) is 7. The number of aromatic amines is 1. The molecule has 39 heavy (non-hydrogen) atoms. The Kier molecular flexibility index (Phi) is 8.13. The van der Waals surface area contributed by atoms with Crippen LogP contribution in [0.3, 0.4) is 0 Å². The number of imidazole rings is 1. The lowest BCUT2D eigenvalue weighted by Gasteiger charge is -2.27. The molecule has 3 heterocycles. The summed E-state index contributed by atoms with van der Waals surface area (Å²) in [7, 11) is 0. The van der Waals surface area contributed by atoms with Crippen LogP contribution in [0, 0.1) is 17.0 Å². The van der Waals surface area contributed by atoms with E-state index in [2.05, 4.69) is 33.3 Å². The number of nitrogens with two attached hydrogens (primary N) is 1. The maximum Gasteiger partial charge on any atom is 0.205 e. The normalized spacial score (nSPS) is 20.2. The fourth-order valence-electron chi connectivity index (χ4n) is 5.13. The molecule has 1 aliphatic carbocycles. The van der Waals surface area contributed by atoms with Gasteiger partial charge in [-0.1, -0.05) is 11.6 Å². The van der Waals surface area contributed by atoms with Gasteiger partial charge in [0.25, 0.3) is 0 Å². The molecule has 1 fully saturated rings. The number of H-pyrrole nitrogens is 1. The molecule has 2 atom stereocenters. The van der Waals surface area contributed by atoms with Crippen molar-refractivity contribution in [3.05, 3.63) is 83.0 Å². The van der Waals surface area contributed by atoms with Crippen molar-refractivity contribution in [1.82, 2.24) is 15.0 Å². The third kappa shape index (κ3) is 6.58. The number of rotatable bonds is 8. The molecule has 2 aromatic heterocycles. The van der Waals surface area contributed by atoms with Gasteiger partial charge in [-0.3, -0.25) is 4.98 Å².